The average Bonchev–Trinajstić information content (AvgIpc) is 3.31. The fourth-order valence-electron chi connectivity index (χ4n) is 11.6. The summed E-state index contributed by atoms with van der Waals surface area (Å²) in [6.45, 7) is 17.4. The summed E-state index contributed by atoms with van der Waals surface area (Å²) in [5, 5.41) is 63.2. The van der Waals surface area contributed by atoms with Gasteiger partial charge in [-0.3, -0.25) is 0 Å². The van der Waals surface area contributed by atoms with E-state index >= 15 is 0 Å². The van der Waals surface area contributed by atoms with Crippen LogP contribution in [0.25, 0.3) is 0 Å². The molecule has 1 heterocycles. The van der Waals surface area contributed by atoms with E-state index in [0.717, 1.165) is 57.8 Å². The van der Waals surface area contributed by atoms with Crippen molar-refractivity contribution in [3.05, 3.63) is 11.6 Å². The van der Waals surface area contributed by atoms with Crippen LogP contribution in [0.4, 0.5) is 0 Å². The third kappa shape index (κ3) is 5.45. The third-order valence-electron chi connectivity index (χ3n) is 14.3. The number of allylic oxidation sites excluding steroid dienone is 2. The second-order valence-corrected chi connectivity index (χ2v) is 17.4. The van der Waals surface area contributed by atoms with Gasteiger partial charge in [0.1, 0.15) is 24.4 Å². The van der Waals surface area contributed by atoms with Crippen molar-refractivity contribution in [3.63, 3.8) is 0 Å². The van der Waals surface area contributed by atoms with Gasteiger partial charge in [-0.25, -0.2) is 0 Å². The third-order valence-corrected chi connectivity index (χ3v) is 14.3. The molecule has 0 aromatic rings. The number of aliphatic hydroxyl groups excluding tert-OH is 5. The van der Waals surface area contributed by atoms with Crippen LogP contribution in [0.1, 0.15) is 113 Å². The van der Waals surface area contributed by atoms with Crippen LogP contribution >= 0.6 is 0 Å². The molecule has 4 saturated carbocycles. The number of aliphatic hydroxyl groups is 6. The number of rotatable bonds is 7. The Morgan fingerprint density at radius 1 is 0.886 bits per heavy atom. The van der Waals surface area contributed by atoms with E-state index in [1.54, 1.807) is 0 Å². The predicted molar refractivity (Wildman–Crippen MR) is 168 cm³/mol. The predicted octanol–water partition coefficient (Wildman–Crippen LogP) is 4.32. The molecule has 44 heavy (non-hydrogen) atoms. The first-order valence-electron chi connectivity index (χ1n) is 17.3. The first-order valence-corrected chi connectivity index (χ1v) is 17.3. The van der Waals surface area contributed by atoms with Crippen LogP contribution in [-0.2, 0) is 9.47 Å². The van der Waals surface area contributed by atoms with E-state index in [4.69, 9.17) is 9.47 Å². The Bertz CT molecular complexity index is 1070. The van der Waals surface area contributed by atoms with Gasteiger partial charge in [0, 0.05) is 0 Å². The normalized spacial score (nSPS) is 51.0. The lowest BCUT2D eigenvalue weighted by Gasteiger charge is -2.70. The van der Waals surface area contributed by atoms with Crippen molar-refractivity contribution in [1.82, 2.24) is 0 Å². The molecule has 254 valence electrons. The van der Waals surface area contributed by atoms with Crippen molar-refractivity contribution < 1.29 is 40.1 Å². The molecule has 8 heteroatoms. The van der Waals surface area contributed by atoms with Crippen molar-refractivity contribution in [1.29, 1.82) is 0 Å². The van der Waals surface area contributed by atoms with Crippen LogP contribution in [-0.4, -0.2) is 85.8 Å². The van der Waals surface area contributed by atoms with E-state index in [1.165, 1.54) is 5.57 Å². The first kappa shape index (κ1) is 34.7. The van der Waals surface area contributed by atoms with Gasteiger partial charge in [-0.2, -0.15) is 0 Å². The van der Waals surface area contributed by atoms with Gasteiger partial charge in [-0.15, -0.1) is 0 Å². The molecule has 0 aromatic heterocycles. The average molecular weight is 623 g/mol. The molecule has 0 spiro atoms. The van der Waals surface area contributed by atoms with Gasteiger partial charge in [-0.1, -0.05) is 46.3 Å². The fourth-order valence-corrected chi connectivity index (χ4v) is 11.6. The Balaban J connectivity index is 1.36. The zero-order chi connectivity index (χ0) is 32.6. The Morgan fingerprint density at radius 2 is 1.55 bits per heavy atom. The standard InChI is InChI=1S/C36H62O8/c1-20(10-9-14-32(2,3)42)21-11-16-36(8)27(21)22(38)18-25-34(6)15-13-26(33(4,5)24(34)12-17-35(25,36)7)44-31-30(41)29(40)28(39)23(19-37)43-31/h10,21-31,37-42H,9,11-19H2,1-8H3/b20-10-/t21-,22-,23-,24+,25-,26+,27+,28-,29+,30-,31+,34+,35-,36-/m1/s1. The number of hydrogen-bond donors (Lipinski definition) is 6. The molecule has 0 amide bonds. The summed E-state index contributed by atoms with van der Waals surface area (Å²) >= 11 is 0. The second kappa shape index (κ2) is 11.8. The summed E-state index contributed by atoms with van der Waals surface area (Å²) in [4.78, 5) is 0. The molecular weight excluding hydrogens is 560 g/mol. The highest BCUT2D eigenvalue weighted by atomic mass is 16.7. The maximum absolute atomic E-state index is 12.0. The summed E-state index contributed by atoms with van der Waals surface area (Å²) in [5.74, 6) is 1.32. The molecule has 0 unspecified atom stereocenters. The van der Waals surface area contributed by atoms with Gasteiger partial charge in [0.25, 0.3) is 0 Å². The van der Waals surface area contributed by atoms with Crippen molar-refractivity contribution in [2.24, 2.45) is 45.3 Å². The molecule has 0 aromatic carbocycles. The van der Waals surface area contributed by atoms with Crippen molar-refractivity contribution in [2.75, 3.05) is 6.61 Å². The van der Waals surface area contributed by atoms with Crippen LogP contribution in [0.2, 0.25) is 0 Å². The highest BCUT2D eigenvalue weighted by Gasteiger charge is 2.70. The fraction of sp³-hybridized carbons (Fsp3) is 0.944. The van der Waals surface area contributed by atoms with Gasteiger partial charge in [0.05, 0.1) is 24.4 Å². The molecule has 1 saturated heterocycles. The monoisotopic (exact) mass is 622 g/mol. The highest BCUT2D eigenvalue weighted by Crippen LogP contribution is 2.75. The molecule has 6 N–H and O–H groups in total. The quantitative estimate of drug-likeness (QED) is 0.182. The Labute approximate surface area is 265 Å². The highest BCUT2D eigenvalue weighted by molar-refractivity contribution is 5.22. The maximum atomic E-state index is 12.0. The summed E-state index contributed by atoms with van der Waals surface area (Å²) in [6.07, 6.45) is 3.85. The minimum absolute atomic E-state index is 0.0103. The number of fused-ring (bicyclic) bond motifs is 5. The van der Waals surface area contributed by atoms with Crippen LogP contribution in [0.5, 0.6) is 0 Å². The Kier molecular flexibility index (Phi) is 9.35. The van der Waals surface area contributed by atoms with Crippen molar-refractivity contribution >= 4 is 0 Å². The van der Waals surface area contributed by atoms with E-state index in [9.17, 15) is 30.6 Å². The molecule has 14 atom stereocenters. The van der Waals surface area contributed by atoms with Gasteiger partial charge in [0.15, 0.2) is 6.29 Å². The number of hydrogen-bond acceptors (Lipinski definition) is 8. The Hall–Kier alpha value is -0.580. The minimum atomic E-state index is -1.45. The van der Waals surface area contributed by atoms with Gasteiger partial charge >= 0.3 is 0 Å². The lowest BCUT2D eigenvalue weighted by molar-refractivity contribution is -0.331. The summed E-state index contributed by atoms with van der Waals surface area (Å²) < 4.78 is 12.2. The van der Waals surface area contributed by atoms with E-state index in [2.05, 4.69) is 47.6 Å². The van der Waals surface area contributed by atoms with E-state index in [-0.39, 0.29) is 39.8 Å². The molecule has 0 bridgehead atoms. The Morgan fingerprint density at radius 3 is 2.18 bits per heavy atom. The number of ether oxygens (including phenoxy) is 2. The lowest BCUT2D eigenvalue weighted by atomic mass is 9.35. The molecule has 5 aliphatic rings. The minimum Gasteiger partial charge on any atom is -0.394 e. The molecule has 8 nitrogen and oxygen atoms in total. The molecule has 5 rings (SSSR count). The molecule has 4 aliphatic carbocycles. The molecule has 0 radical (unpaired) electrons. The molecular formula is C36H62O8. The van der Waals surface area contributed by atoms with Gasteiger partial charge in [-0.05, 0) is 124 Å². The van der Waals surface area contributed by atoms with Crippen LogP contribution < -0.4 is 0 Å². The molecule has 1 aliphatic heterocycles. The summed E-state index contributed by atoms with van der Waals surface area (Å²) in [7, 11) is 0. The van der Waals surface area contributed by atoms with Crippen LogP contribution in [0.15, 0.2) is 11.6 Å². The van der Waals surface area contributed by atoms with Gasteiger partial charge < -0.3 is 40.1 Å². The van der Waals surface area contributed by atoms with Crippen molar-refractivity contribution in [2.45, 2.75) is 162 Å². The topological polar surface area (TPSA) is 140 Å². The van der Waals surface area contributed by atoms with Crippen LogP contribution in [0.3, 0.4) is 0 Å². The SMILES string of the molecule is C/C(=C/CCC(C)(C)O)[C@H]1CC[C@]2(C)[C@@H]1[C@H](O)C[C@@H]1[C@@]3(C)CC[C@H](O[C@@H]4O[C@H](CO)[C@@H](O)[C@H](O)[C@H]4O)C(C)(C)[C@@H]3CC[C@]12C. The largest absolute Gasteiger partial charge is 0.394 e. The van der Waals surface area contributed by atoms with Gasteiger partial charge in [0.2, 0.25) is 0 Å². The zero-order valence-corrected chi connectivity index (χ0v) is 28.5. The first-order chi connectivity index (χ1) is 20.3. The lowest BCUT2D eigenvalue weighted by Crippen LogP contribution is -2.67. The zero-order valence-electron chi connectivity index (χ0n) is 28.5. The molecule has 5 fully saturated rings. The van der Waals surface area contributed by atoms with Crippen LogP contribution in [0, 0.1) is 45.3 Å². The van der Waals surface area contributed by atoms with E-state index in [0.29, 0.717) is 17.8 Å². The van der Waals surface area contributed by atoms with Crippen molar-refractivity contribution in [3.8, 4) is 0 Å². The van der Waals surface area contributed by atoms with E-state index in [1.807, 2.05) is 13.8 Å². The maximum Gasteiger partial charge on any atom is 0.186 e. The van der Waals surface area contributed by atoms with E-state index < -0.39 is 42.9 Å². The second-order valence-electron chi connectivity index (χ2n) is 17.4. The smallest absolute Gasteiger partial charge is 0.186 e. The summed E-state index contributed by atoms with van der Waals surface area (Å²) in [5.41, 5.74) is 0.589. The summed E-state index contributed by atoms with van der Waals surface area (Å²) in [6, 6.07) is 0.